The molecule has 0 spiro atoms. The van der Waals surface area contributed by atoms with Gasteiger partial charge in [0.15, 0.2) is 0 Å². The van der Waals surface area contributed by atoms with Gasteiger partial charge in [-0.3, -0.25) is 0 Å². The van der Waals surface area contributed by atoms with Crippen LogP contribution in [-0.4, -0.2) is 14.6 Å². The van der Waals surface area contributed by atoms with Crippen LogP contribution in [-0.2, 0) is 10.0 Å². The van der Waals surface area contributed by atoms with Gasteiger partial charge in [0, 0.05) is 5.56 Å². The van der Waals surface area contributed by atoms with E-state index >= 15 is 0 Å². The Morgan fingerprint density at radius 1 is 1.00 bits per heavy atom. The van der Waals surface area contributed by atoms with E-state index in [-0.39, 0.29) is 16.9 Å². The number of nitrogens with one attached hydrogen (secondary N) is 2. The summed E-state index contributed by atoms with van der Waals surface area (Å²) in [6.07, 6.45) is 5.30. The Labute approximate surface area is 147 Å². The fraction of sp³-hybridized carbons (Fsp3) is 0.368. The minimum absolute atomic E-state index is 0.181. The maximum absolute atomic E-state index is 14.0. The molecule has 4 rings (SSSR count). The van der Waals surface area contributed by atoms with E-state index in [0.717, 1.165) is 25.7 Å². The van der Waals surface area contributed by atoms with Crippen LogP contribution in [0.2, 0.25) is 0 Å². The Morgan fingerprint density at radius 2 is 1.76 bits per heavy atom. The molecule has 0 amide bonds. The summed E-state index contributed by atoms with van der Waals surface area (Å²) in [5.41, 5.74) is 1.55. The minimum atomic E-state index is -3.62. The molecule has 1 atom stereocenters. The molecule has 25 heavy (non-hydrogen) atoms. The molecule has 2 aliphatic rings. The van der Waals surface area contributed by atoms with Crippen molar-refractivity contribution in [3.63, 3.8) is 0 Å². The molecular weight excluding hydrogens is 339 g/mol. The summed E-state index contributed by atoms with van der Waals surface area (Å²) in [5.74, 6) is -0.0559. The second kappa shape index (κ2) is 6.42. The number of anilines is 1. The highest BCUT2D eigenvalue weighted by Gasteiger charge is 2.34. The molecular formula is C19H21FN2O2S. The maximum atomic E-state index is 14.0. The van der Waals surface area contributed by atoms with Gasteiger partial charge in [-0.15, -0.1) is 0 Å². The third kappa shape index (κ3) is 3.16. The third-order valence-corrected chi connectivity index (χ3v) is 6.65. The lowest BCUT2D eigenvalue weighted by Gasteiger charge is -2.35. The predicted octanol–water partition coefficient (Wildman–Crippen LogP) is 4.10. The summed E-state index contributed by atoms with van der Waals surface area (Å²) < 4.78 is 42.3. The minimum Gasteiger partial charge on any atom is -0.368 e. The van der Waals surface area contributed by atoms with Crippen LogP contribution in [0.5, 0.6) is 0 Å². The normalized spacial score (nSPS) is 22.8. The van der Waals surface area contributed by atoms with Crippen molar-refractivity contribution in [3.8, 4) is 11.1 Å². The molecule has 0 aromatic heterocycles. The maximum Gasteiger partial charge on any atom is 0.244 e. The van der Waals surface area contributed by atoms with Gasteiger partial charge in [0.2, 0.25) is 10.0 Å². The molecule has 1 fully saturated rings. The van der Waals surface area contributed by atoms with Gasteiger partial charge in [0.05, 0.1) is 11.9 Å². The van der Waals surface area contributed by atoms with Crippen molar-refractivity contribution in [3.05, 3.63) is 48.3 Å². The van der Waals surface area contributed by atoms with Crippen molar-refractivity contribution >= 4 is 15.7 Å². The van der Waals surface area contributed by atoms with E-state index in [0.29, 0.717) is 22.7 Å². The monoisotopic (exact) mass is 360 g/mol. The first-order valence-corrected chi connectivity index (χ1v) is 10.2. The summed E-state index contributed by atoms with van der Waals surface area (Å²) in [6.45, 7) is 0. The number of rotatable bonds is 2. The Hall–Kier alpha value is -1.92. The fourth-order valence-corrected chi connectivity index (χ4v) is 5.25. The van der Waals surface area contributed by atoms with E-state index in [9.17, 15) is 12.8 Å². The van der Waals surface area contributed by atoms with E-state index in [2.05, 4.69) is 10.0 Å². The number of benzene rings is 2. The van der Waals surface area contributed by atoms with Crippen LogP contribution in [0.4, 0.5) is 10.1 Å². The van der Waals surface area contributed by atoms with Gasteiger partial charge < -0.3 is 5.32 Å². The molecule has 6 heteroatoms. The first kappa shape index (κ1) is 16.5. The number of fused-ring (bicyclic) bond motifs is 1. The number of sulfonamides is 1. The zero-order valence-corrected chi connectivity index (χ0v) is 14.7. The van der Waals surface area contributed by atoms with Gasteiger partial charge in [-0.2, -0.15) is 4.72 Å². The summed E-state index contributed by atoms with van der Waals surface area (Å²) in [6, 6.07) is 11.4. The van der Waals surface area contributed by atoms with Gasteiger partial charge in [-0.1, -0.05) is 43.5 Å². The number of halogens is 1. The highest BCUT2D eigenvalue weighted by atomic mass is 32.2. The lowest BCUT2D eigenvalue weighted by atomic mass is 9.87. The molecule has 132 valence electrons. The van der Waals surface area contributed by atoms with Crippen molar-refractivity contribution in [1.82, 2.24) is 4.72 Å². The van der Waals surface area contributed by atoms with Crippen LogP contribution < -0.4 is 10.0 Å². The smallest absolute Gasteiger partial charge is 0.244 e. The van der Waals surface area contributed by atoms with Crippen molar-refractivity contribution in [1.29, 1.82) is 0 Å². The van der Waals surface area contributed by atoms with Crippen molar-refractivity contribution in [2.45, 2.75) is 43.2 Å². The van der Waals surface area contributed by atoms with Crippen molar-refractivity contribution in [2.24, 2.45) is 5.92 Å². The van der Waals surface area contributed by atoms with Crippen LogP contribution in [0, 0.1) is 11.7 Å². The quantitative estimate of drug-likeness (QED) is 0.848. The summed E-state index contributed by atoms with van der Waals surface area (Å²) in [7, 11) is -3.62. The van der Waals surface area contributed by atoms with Gasteiger partial charge in [0.25, 0.3) is 0 Å². The first-order valence-electron chi connectivity index (χ1n) is 8.72. The molecule has 1 heterocycles. The molecule has 2 aromatic rings. The van der Waals surface area contributed by atoms with Gasteiger partial charge >= 0.3 is 0 Å². The van der Waals surface area contributed by atoms with E-state index in [1.807, 2.05) is 0 Å². The van der Waals surface area contributed by atoms with Crippen molar-refractivity contribution in [2.75, 3.05) is 5.32 Å². The van der Waals surface area contributed by atoms with E-state index in [1.165, 1.54) is 12.5 Å². The Morgan fingerprint density at radius 3 is 2.52 bits per heavy atom. The highest BCUT2D eigenvalue weighted by molar-refractivity contribution is 7.89. The van der Waals surface area contributed by atoms with Crippen LogP contribution in [0.15, 0.2) is 47.4 Å². The SMILES string of the molecule is O=S1(=O)NC(C2CCCCC2)Nc2ccc(-c3ccccc3F)cc21. The van der Waals surface area contributed by atoms with Gasteiger partial charge in [-0.25, -0.2) is 12.8 Å². The van der Waals surface area contributed by atoms with Crippen molar-refractivity contribution < 1.29 is 12.8 Å². The van der Waals surface area contributed by atoms with E-state index in [4.69, 9.17) is 0 Å². The largest absolute Gasteiger partial charge is 0.368 e. The molecule has 0 radical (unpaired) electrons. The van der Waals surface area contributed by atoms with E-state index in [1.54, 1.807) is 36.4 Å². The third-order valence-electron chi connectivity index (χ3n) is 5.17. The molecule has 2 aromatic carbocycles. The van der Waals surface area contributed by atoms with Crippen LogP contribution >= 0.6 is 0 Å². The molecule has 1 saturated carbocycles. The topological polar surface area (TPSA) is 58.2 Å². The van der Waals surface area contributed by atoms with E-state index < -0.39 is 10.0 Å². The molecule has 1 aliphatic carbocycles. The molecule has 1 aliphatic heterocycles. The molecule has 2 N–H and O–H groups in total. The molecule has 4 nitrogen and oxygen atoms in total. The number of hydrogen-bond acceptors (Lipinski definition) is 3. The predicted molar refractivity (Wildman–Crippen MR) is 96.1 cm³/mol. The highest BCUT2D eigenvalue weighted by Crippen LogP contribution is 2.35. The van der Waals surface area contributed by atoms with Gasteiger partial charge in [0.1, 0.15) is 10.7 Å². The van der Waals surface area contributed by atoms with Crippen LogP contribution in [0.3, 0.4) is 0 Å². The first-order chi connectivity index (χ1) is 12.0. The average molecular weight is 360 g/mol. The zero-order chi connectivity index (χ0) is 17.4. The fourth-order valence-electron chi connectivity index (χ4n) is 3.84. The summed E-state index contributed by atoms with van der Waals surface area (Å²) in [5, 5.41) is 3.33. The Bertz CT molecular complexity index is 892. The standard InChI is InChI=1S/C19H21FN2O2S/c20-16-9-5-4-8-15(16)14-10-11-17-18(12-14)25(23,24)22-19(21-17)13-6-2-1-3-7-13/h4-5,8-13,19,21-22H,1-3,6-7H2. The van der Waals surface area contributed by atoms with Gasteiger partial charge in [-0.05, 0) is 42.5 Å². The lowest BCUT2D eigenvalue weighted by Crippen LogP contribution is -2.49. The molecule has 0 saturated heterocycles. The van der Waals surface area contributed by atoms with Crippen LogP contribution in [0.25, 0.3) is 11.1 Å². The molecule has 0 bridgehead atoms. The Kier molecular flexibility index (Phi) is 4.25. The average Bonchev–Trinajstić information content (AvgIpc) is 2.62. The Balaban J connectivity index is 1.70. The van der Waals surface area contributed by atoms with Crippen LogP contribution in [0.1, 0.15) is 32.1 Å². The second-order valence-corrected chi connectivity index (χ2v) is 8.51. The summed E-state index contributed by atoms with van der Waals surface area (Å²) in [4.78, 5) is 0.181. The molecule has 1 unspecified atom stereocenters. The number of hydrogen-bond donors (Lipinski definition) is 2. The summed E-state index contributed by atoms with van der Waals surface area (Å²) >= 11 is 0. The lowest BCUT2D eigenvalue weighted by molar-refractivity contribution is 0.306. The second-order valence-electron chi connectivity index (χ2n) is 6.83. The zero-order valence-electron chi connectivity index (χ0n) is 13.8.